The normalized spacial score (nSPS) is 15.1. The number of carbonyl (C=O) groups excluding carboxylic acids is 1. The number of ether oxygens (including phenoxy) is 1. The largest absolute Gasteiger partial charge is 0.480 e. The van der Waals surface area contributed by atoms with Crippen LogP contribution in [0, 0.1) is 0 Å². The molecule has 7 nitrogen and oxygen atoms in total. The van der Waals surface area contributed by atoms with Crippen molar-refractivity contribution in [2.24, 2.45) is 0 Å². The van der Waals surface area contributed by atoms with Gasteiger partial charge < -0.3 is 14.9 Å². The Balaban J connectivity index is 4.12. The molecule has 16 heavy (non-hydrogen) atoms. The van der Waals surface area contributed by atoms with Crippen LogP contribution >= 0.6 is 0 Å². The Morgan fingerprint density at radius 1 is 1.31 bits per heavy atom. The fourth-order valence-corrected chi connectivity index (χ4v) is 0.829. The Morgan fingerprint density at radius 2 is 1.81 bits per heavy atom. The summed E-state index contributed by atoms with van der Waals surface area (Å²) in [6, 6.07) is -1.28. The maximum absolute atomic E-state index is 11.1. The van der Waals surface area contributed by atoms with E-state index in [9.17, 15) is 9.59 Å². The summed E-state index contributed by atoms with van der Waals surface area (Å²) in [7, 11) is 0. The summed E-state index contributed by atoms with van der Waals surface area (Å²) >= 11 is 0. The van der Waals surface area contributed by atoms with Crippen molar-refractivity contribution in [3.63, 3.8) is 0 Å². The molecule has 7 heteroatoms. The van der Waals surface area contributed by atoms with E-state index in [1.54, 1.807) is 20.8 Å². The molecule has 0 aliphatic carbocycles. The molecule has 0 spiro atoms. The molecule has 0 aromatic carbocycles. The van der Waals surface area contributed by atoms with Crippen LogP contribution in [0.5, 0.6) is 0 Å². The van der Waals surface area contributed by atoms with Crippen molar-refractivity contribution in [1.82, 2.24) is 10.9 Å². The van der Waals surface area contributed by atoms with Crippen LogP contribution < -0.4 is 10.9 Å². The zero-order valence-corrected chi connectivity index (χ0v) is 9.77. The zero-order valence-electron chi connectivity index (χ0n) is 9.77. The van der Waals surface area contributed by atoms with Gasteiger partial charge in [-0.15, -0.1) is 0 Å². The highest BCUT2D eigenvalue weighted by Gasteiger charge is 2.24. The first-order valence-electron chi connectivity index (χ1n) is 4.79. The number of aliphatic hydroxyl groups excluding tert-OH is 1. The third-order valence-corrected chi connectivity index (χ3v) is 1.48. The minimum absolute atomic E-state index is 0.671. The predicted molar refractivity (Wildman–Crippen MR) is 55.6 cm³/mol. The summed E-state index contributed by atoms with van der Waals surface area (Å²) < 4.78 is 4.86. The lowest BCUT2D eigenvalue weighted by molar-refractivity contribution is -0.142. The Hall–Kier alpha value is -1.34. The van der Waals surface area contributed by atoms with Crippen molar-refractivity contribution < 1.29 is 24.5 Å². The van der Waals surface area contributed by atoms with Gasteiger partial charge in [0.05, 0.1) is 6.10 Å². The first kappa shape index (κ1) is 14.7. The highest BCUT2D eigenvalue weighted by atomic mass is 16.6. The second-order valence-corrected chi connectivity index (χ2v) is 4.33. The molecule has 0 fully saturated rings. The molecular formula is C9H18N2O5. The number of carboxylic acids is 1. The number of hydrogen-bond donors (Lipinski definition) is 4. The molecule has 0 aliphatic rings. The van der Waals surface area contributed by atoms with Crippen LogP contribution in [0.4, 0.5) is 4.79 Å². The van der Waals surface area contributed by atoms with Crippen LogP contribution in [-0.2, 0) is 9.53 Å². The highest BCUT2D eigenvalue weighted by molar-refractivity contribution is 5.75. The van der Waals surface area contributed by atoms with Gasteiger partial charge in [0.2, 0.25) is 0 Å². The number of rotatable bonds is 4. The average molecular weight is 234 g/mol. The summed E-state index contributed by atoms with van der Waals surface area (Å²) in [4.78, 5) is 21.8. The molecule has 0 aliphatic heterocycles. The number of aliphatic hydroxyl groups is 1. The fourth-order valence-electron chi connectivity index (χ4n) is 0.829. The molecule has 94 valence electrons. The van der Waals surface area contributed by atoms with E-state index >= 15 is 0 Å². The van der Waals surface area contributed by atoms with E-state index in [-0.39, 0.29) is 0 Å². The van der Waals surface area contributed by atoms with Crippen molar-refractivity contribution in [1.29, 1.82) is 0 Å². The standard InChI is InChI=1S/C9H18N2O5/c1-5(12)6(7(13)14)10-11-8(15)16-9(2,3)4/h5-6,10,12H,1-4H3,(H,11,15)(H,13,14)/t5?,6-/m0/s1. The number of nitrogens with one attached hydrogen (secondary N) is 2. The van der Waals surface area contributed by atoms with E-state index in [1.807, 2.05) is 5.43 Å². The van der Waals surface area contributed by atoms with E-state index in [0.717, 1.165) is 0 Å². The van der Waals surface area contributed by atoms with Gasteiger partial charge in [0.1, 0.15) is 11.6 Å². The minimum atomic E-state index is -1.28. The predicted octanol–water partition coefficient (Wildman–Crippen LogP) is -0.150. The maximum atomic E-state index is 11.1. The van der Waals surface area contributed by atoms with Crippen molar-refractivity contribution in [2.45, 2.75) is 45.4 Å². The van der Waals surface area contributed by atoms with Crippen LogP contribution in [0.3, 0.4) is 0 Å². The molecule has 0 saturated heterocycles. The molecule has 0 saturated carbocycles. The number of hydrogen-bond acceptors (Lipinski definition) is 5. The monoisotopic (exact) mass is 234 g/mol. The molecule has 0 heterocycles. The van der Waals surface area contributed by atoms with Crippen molar-refractivity contribution in [2.75, 3.05) is 0 Å². The van der Waals surface area contributed by atoms with Crippen molar-refractivity contribution in [3.8, 4) is 0 Å². The Bertz CT molecular complexity index is 259. The highest BCUT2D eigenvalue weighted by Crippen LogP contribution is 2.06. The van der Waals surface area contributed by atoms with Crippen molar-refractivity contribution in [3.05, 3.63) is 0 Å². The average Bonchev–Trinajstić information content (AvgIpc) is 1.98. The molecular weight excluding hydrogens is 216 g/mol. The summed E-state index contributed by atoms with van der Waals surface area (Å²) in [6.07, 6.45) is -1.95. The summed E-state index contributed by atoms with van der Waals surface area (Å²) in [5, 5.41) is 17.8. The van der Waals surface area contributed by atoms with Gasteiger partial charge in [0, 0.05) is 0 Å². The number of amides is 1. The van der Waals surface area contributed by atoms with E-state index in [1.165, 1.54) is 6.92 Å². The molecule has 4 N–H and O–H groups in total. The van der Waals surface area contributed by atoms with Crippen LogP contribution in [0.25, 0.3) is 0 Å². The molecule has 0 aromatic heterocycles. The molecule has 0 radical (unpaired) electrons. The molecule has 0 rings (SSSR count). The number of carboxylic acid groups (broad SMARTS) is 1. The SMILES string of the molecule is CC(O)[C@H](NNC(=O)OC(C)(C)C)C(=O)O. The van der Waals surface area contributed by atoms with Gasteiger partial charge in [-0.25, -0.2) is 10.2 Å². The summed E-state index contributed by atoms with van der Waals surface area (Å²) in [5.74, 6) is -1.27. The van der Waals surface area contributed by atoms with Gasteiger partial charge in [-0.3, -0.25) is 10.2 Å². The zero-order chi connectivity index (χ0) is 12.9. The van der Waals surface area contributed by atoms with E-state index in [4.69, 9.17) is 14.9 Å². The topological polar surface area (TPSA) is 108 Å². The van der Waals surface area contributed by atoms with E-state index < -0.39 is 29.8 Å². The van der Waals surface area contributed by atoms with Gasteiger partial charge in [0.15, 0.2) is 0 Å². The van der Waals surface area contributed by atoms with Gasteiger partial charge in [-0.1, -0.05) is 0 Å². The molecule has 1 unspecified atom stereocenters. The summed E-state index contributed by atoms with van der Waals surface area (Å²) in [6.45, 7) is 6.32. The summed E-state index contributed by atoms with van der Waals surface area (Å²) in [5.41, 5.74) is 3.55. The van der Waals surface area contributed by atoms with Gasteiger partial charge in [-0.05, 0) is 27.7 Å². The van der Waals surface area contributed by atoms with Crippen LogP contribution in [0.1, 0.15) is 27.7 Å². The number of aliphatic carboxylic acids is 1. The third kappa shape index (κ3) is 6.20. The minimum Gasteiger partial charge on any atom is -0.480 e. The van der Waals surface area contributed by atoms with E-state index in [2.05, 4.69) is 5.43 Å². The molecule has 1 amide bonds. The smallest absolute Gasteiger partial charge is 0.422 e. The second-order valence-electron chi connectivity index (χ2n) is 4.33. The van der Waals surface area contributed by atoms with Crippen LogP contribution in [0.15, 0.2) is 0 Å². The second kappa shape index (κ2) is 5.66. The van der Waals surface area contributed by atoms with Gasteiger partial charge in [0.25, 0.3) is 0 Å². The Morgan fingerprint density at radius 3 is 2.12 bits per heavy atom. The molecule has 0 bridgehead atoms. The lowest BCUT2D eigenvalue weighted by Gasteiger charge is -2.22. The lowest BCUT2D eigenvalue weighted by Crippen LogP contribution is -2.53. The Kier molecular flexibility index (Phi) is 5.19. The van der Waals surface area contributed by atoms with Crippen molar-refractivity contribution >= 4 is 12.1 Å². The van der Waals surface area contributed by atoms with Crippen LogP contribution in [0.2, 0.25) is 0 Å². The quantitative estimate of drug-likeness (QED) is 0.504. The number of hydrazine groups is 1. The molecule has 0 aromatic rings. The van der Waals surface area contributed by atoms with Crippen LogP contribution in [-0.4, -0.2) is 40.0 Å². The van der Waals surface area contributed by atoms with Gasteiger partial charge >= 0.3 is 12.1 Å². The first-order valence-corrected chi connectivity index (χ1v) is 4.79. The first-order chi connectivity index (χ1) is 7.13. The maximum Gasteiger partial charge on any atom is 0.422 e. The van der Waals surface area contributed by atoms with E-state index in [0.29, 0.717) is 0 Å². The molecule has 2 atom stereocenters. The third-order valence-electron chi connectivity index (χ3n) is 1.48. The Labute approximate surface area is 93.8 Å². The van der Waals surface area contributed by atoms with Gasteiger partial charge in [-0.2, -0.15) is 0 Å². The fraction of sp³-hybridized carbons (Fsp3) is 0.778. The lowest BCUT2D eigenvalue weighted by atomic mass is 10.2. The number of carbonyl (C=O) groups is 2.